The van der Waals surface area contributed by atoms with Crippen molar-refractivity contribution < 1.29 is 18.7 Å². The molecule has 1 aliphatic rings. The number of hydrogen-bond donors (Lipinski definition) is 1. The summed E-state index contributed by atoms with van der Waals surface area (Å²) >= 11 is 0. The number of anilines is 1. The molecule has 5 rings (SSSR count). The number of para-hydroxylation sites is 1. The summed E-state index contributed by atoms with van der Waals surface area (Å²) in [5, 5.41) is 2.94. The molecule has 1 aliphatic heterocycles. The number of nitrogens with zero attached hydrogens (tertiary/aromatic N) is 1. The number of carbonyl (C=O) groups is 2. The van der Waals surface area contributed by atoms with E-state index < -0.39 is 0 Å². The number of ether oxygens (including phenoxy) is 1. The van der Waals surface area contributed by atoms with Gasteiger partial charge in [0, 0.05) is 41.9 Å². The summed E-state index contributed by atoms with van der Waals surface area (Å²) in [6.45, 7) is 3.11. The van der Waals surface area contributed by atoms with E-state index in [1.165, 1.54) is 0 Å². The Hall–Kier alpha value is -4.32. The third-order valence-electron chi connectivity index (χ3n) is 6.18. The quantitative estimate of drug-likeness (QED) is 0.409. The molecule has 6 heteroatoms. The summed E-state index contributed by atoms with van der Waals surface area (Å²) in [7, 11) is 1.54. The second-order valence-corrected chi connectivity index (χ2v) is 8.64. The largest absolute Gasteiger partial charge is 0.496 e. The average molecular weight is 467 g/mol. The summed E-state index contributed by atoms with van der Waals surface area (Å²) in [6, 6.07) is 24.3. The molecule has 176 valence electrons. The molecule has 2 amide bonds. The number of aryl methyl sites for hydroxylation is 1. The molecule has 0 unspecified atom stereocenters. The molecule has 35 heavy (non-hydrogen) atoms. The Bertz CT molecular complexity index is 1410. The number of nitrogens with one attached hydrogen (secondary N) is 1. The van der Waals surface area contributed by atoms with Gasteiger partial charge in [-0.2, -0.15) is 0 Å². The van der Waals surface area contributed by atoms with Crippen molar-refractivity contribution in [2.75, 3.05) is 19.0 Å². The van der Waals surface area contributed by atoms with Gasteiger partial charge < -0.3 is 19.4 Å². The van der Waals surface area contributed by atoms with Crippen molar-refractivity contribution in [3.63, 3.8) is 0 Å². The van der Waals surface area contributed by atoms with E-state index in [-0.39, 0.29) is 11.8 Å². The van der Waals surface area contributed by atoms with Crippen molar-refractivity contribution >= 4 is 17.5 Å². The molecule has 1 aromatic heterocycles. The Morgan fingerprint density at radius 1 is 0.971 bits per heavy atom. The van der Waals surface area contributed by atoms with E-state index in [1.807, 2.05) is 72.5 Å². The Labute approximate surface area is 204 Å². The van der Waals surface area contributed by atoms with E-state index in [1.54, 1.807) is 25.3 Å². The molecule has 0 radical (unpaired) electrons. The number of furan rings is 1. The van der Waals surface area contributed by atoms with Gasteiger partial charge in [-0.3, -0.25) is 9.59 Å². The molecule has 0 atom stereocenters. The first-order valence-corrected chi connectivity index (χ1v) is 11.5. The summed E-state index contributed by atoms with van der Waals surface area (Å²) in [5.41, 5.74) is 4.76. The Morgan fingerprint density at radius 3 is 2.63 bits per heavy atom. The molecule has 0 saturated heterocycles. The SMILES string of the molecule is COc1ccccc1C(=O)Nc1cccc(-c2cc3c(o2)CCN(C(=O)c2cccc(C)c2)C3)c1. The fourth-order valence-corrected chi connectivity index (χ4v) is 4.39. The Morgan fingerprint density at radius 2 is 1.80 bits per heavy atom. The molecule has 0 spiro atoms. The standard InChI is InChI=1S/C29H26N2O4/c1-19-7-5-9-21(15-19)29(33)31-14-13-25-22(18-31)17-27(35-25)20-8-6-10-23(16-20)30-28(32)24-11-3-4-12-26(24)34-2/h3-12,15-17H,13-14,18H2,1-2H3,(H,30,32). The molecule has 0 fully saturated rings. The molecular weight excluding hydrogens is 440 g/mol. The molecule has 4 aromatic rings. The van der Waals surface area contributed by atoms with Gasteiger partial charge in [-0.15, -0.1) is 0 Å². The molecule has 1 N–H and O–H groups in total. The van der Waals surface area contributed by atoms with Gasteiger partial charge in [0.15, 0.2) is 0 Å². The van der Waals surface area contributed by atoms with Gasteiger partial charge in [-0.1, -0.05) is 42.0 Å². The van der Waals surface area contributed by atoms with E-state index in [0.29, 0.717) is 47.8 Å². The number of fused-ring (bicyclic) bond motifs is 1. The zero-order valence-corrected chi connectivity index (χ0v) is 19.7. The highest BCUT2D eigenvalue weighted by molar-refractivity contribution is 6.06. The van der Waals surface area contributed by atoms with Gasteiger partial charge in [0.25, 0.3) is 11.8 Å². The molecular formula is C29H26N2O4. The maximum atomic E-state index is 13.0. The van der Waals surface area contributed by atoms with Crippen molar-refractivity contribution in [2.45, 2.75) is 19.9 Å². The number of benzene rings is 3. The number of hydrogen-bond acceptors (Lipinski definition) is 4. The second kappa shape index (κ2) is 9.50. The van der Waals surface area contributed by atoms with Gasteiger partial charge >= 0.3 is 0 Å². The second-order valence-electron chi connectivity index (χ2n) is 8.64. The van der Waals surface area contributed by atoms with Gasteiger partial charge in [-0.05, 0) is 49.4 Å². The molecule has 6 nitrogen and oxygen atoms in total. The highest BCUT2D eigenvalue weighted by Gasteiger charge is 2.25. The van der Waals surface area contributed by atoms with E-state index in [0.717, 1.165) is 22.5 Å². The van der Waals surface area contributed by atoms with Crippen LogP contribution in [0, 0.1) is 6.92 Å². The molecule has 3 aromatic carbocycles. The van der Waals surface area contributed by atoms with Crippen LogP contribution in [0.1, 0.15) is 37.6 Å². The lowest BCUT2D eigenvalue weighted by Gasteiger charge is -2.26. The minimum Gasteiger partial charge on any atom is -0.496 e. The third kappa shape index (κ3) is 4.68. The highest BCUT2D eigenvalue weighted by atomic mass is 16.5. The summed E-state index contributed by atoms with van der Waals surface area (Å²) in [5.74, 6) is 1.92. The van der Waals surface area contributed by atoms with Crippen molar-refractivity contribution in [1.29, 1.82) is 0 Å². The van der Waals surface area contributed by atoms with E-state index in [9.17, 15) is 9.59 Å². The van der Waals surface area contributed by atoms with Crippen LogP contribution in [0.15, 0.2) is 83.3 Å². The van der Waals surface area contributed by atoms with Crippen LogP contribution < -0.4 is 10.1 Å². The smallest absolute Gasteiger partial charge is 0.259 e. The van der Waals surface area contributed by atoms with Crippen LogP contribution in [0.5, 0.6) is 5.75 Å². The number of rotatable bonds is 5. The molecule has 0 bridgehead atoms. The fourth-order valence-electron chi connectivity index (χ4n) is 4.39. The van der Waals surface area contributed by atoms with E-state index in [2.05, 4.69) is 5.32 Å². The lowest BCUT2D eigenvalue weighted by molar-refractivity contribution is 0.0729. The molecule has 0 saturated carbocycles. The average Bonchev–Trinajstić information content (AvgIpc) is 3.32. The minimum atomic E-state index is -0.247. The lowest BCUT2D eigenvalue weighted by atomic mass is 10.1. The maximum Gasteiger partial charge on any atom is 0.259 e. The zero-order valence-electron chi connectivity index (χ0n) is 19.7. The van der Waals surface area contributed by atoms with Crippen LogP contribution in [-0.4, -0.2) is 30.4 Å². The summed E-state index contributed by atoms with van der Waals surface area (Å²) < 4.78 is 11.5. The normalized spacial score (nSPS) is 12.7. The van der Waals surface area contributed by atoms with Crippen LogP contribution in [0.3, 0.4) is 0 Å². The number of carbonyl (C=O) groups excluding carboxylic acids is 2. The maximum absolute atomic E-state index is 13.0. The lowest BCUT2D eigenvalue weighted by Crippen LogP contribution is -2.35. The highest BCUT2D eigenvalue weighted by Crippen LogP contribution is 2.31. The first-order valence-electron chi connectivity index (χ1n) is 11.5. The van der Waals surface area contributed by atoms with Crippen LogP contribution in [0.25, 0.3) is 11.3 Å². The van der Waals surface area contributed by atoms with Crippen molar-refractivity contribution in [2.24, 2.45) is 0 Å². The topological polar surface area (TPSA) is 71.8 Å². The fraction of sp³-hybridized carbons (Fsp3) is 0.172. The number of amides is 2. The van der Waals surface area contributed by atoms with Gasteiger partial charge in [0.05, 0.1) is 12.7 Å². The van der Waals surface area contributed by atoms with Crippen LogP contribution in [0.4, 0.5) is 5.69 Å². The van der Waals surface area contributed by atoms with E-state index in [4.69, 9.17) is 9.15 Å². The molecule has 2 heterocycles. The van der Waals surface area contributed by atoms with Gasteiger partial charge in [-0.25, -0.2) is 0 Å². The summed E-state index contributed by atoms with van der Waals surface area (Å²) in [4.78, 5) is 27.6. The summed E-state index contributed by atoms with van der Waals surface area (Å²) in [6.07, 6.45) is 0.664. The number of methoxy groups -OCH3 is 1. The van der Waals surface area contributed by atoms with Crippen molar-refractivity contribution in [3.8, 4) is 17.1 Å². The minimum absolute atomic E-state index is 0.0307. The predicted octanol–water partition coefficient (Wildman–Crippen LogP) is 5.71. The Balaban J connectivity index is 1.33. The van der Waals surface area contributed by atoms with Gasteiger partial charge in [0.1, 0.15) is 17.3 Å². The van der Waals surface area contributed by atoms with Crippen LogP contribution in [-0.2, 0) is 13.0 Å². The van der Waals surface area contributed by atoms with Crippen molar-refractivity contribution in [3.05, 3.63) is 107 Å². The van der Waals surface area contributed by atoms with Crippen molar-refractivity contribution in [1.82, 2.24) is 4.90 Å². The monoisotopic (exact) mass is 466 g/mol. The van der Waals surface area contributed by atoms with E-state index >= 15 is 0 Å². The molecule has 0 aliphatic carbocycles. The van der Waals surface area contributed by atoms with Crippen LogP contribution >= 0.6 is 0 Å². The first kappa shape index (κ1) is 22.5. The van der Waals surface area contributed by atoms with Gasteiger partial charge in [0.2, 0.25) is 0 Å². The first-order chi connectivity index (χ1) is 17.0. The van der Waals surface area contributed by atoms with Crippen LogP contribution in [0.2, 0.25) is 0 Å². The third-order valence-corrected chi connectivity index (χ3v) is 6.18. The predicted molar refractivity (Wildman–Crippen MR) is 135 cm³/mol. The Kier molecular flexibility index (Phi) is 6.10. The zero-order chi connectivity index (χ0) is 24.4.